The van der Waals surface area contributed by atoms with Gasteiger partial charge in [0.1, 0.15) is 0 Å². The lowest BCUT2D eigenvalue weighted by Gasteiger charge is -2.04. The molecule has 2 rings (SSSR count). The molecule has 6 heteroatoms. The molecule has 0 saturated carbocycles. The zero-order valence-electron chi connectivity index (χ0n) is 10.2. The molecule has 0 aliphatic carbocycles. The number of carbonyl (C=O) groups is 1. The Kier molecular flexibility index (Phi) is 3.61. The molecule has 2 aromatic rings. The van der Waals surface area contributed by atoms with E-state index in [1.165, 1.54) is 11.3 Å². The van der Waals surface area contributed by atoms with Gasteiger partial charge in [-0.15, -0.1) is 11.3 Å². The molecule has 100 valence electrons. The summed E-state index contributed by atoms with van der Waals surface area (Å²) in [6.45, 7) is 3.76. The summed E-state index contributed by atoms with van der Waals surface area (Å²) in [7, 11) is 0. The second kappa shape index (κ2) is 5.05. The standard InChI is InChI=1S/C13H10F3NOS/c1-6-5-10(19-7(6)2)17-13(18)8-3-4-9(14)12(16)11(8)15/h3-5H,1-2H3,(H,17,18). The number of amides is 1. The number of anilines is 1. The highest BCUT2D eigenvalue weighted by atomic mass is 32.1. The van der Waals surface area contributed by atoms with E-state index in [0.717, 1.165) is 22.6 Å². The van der Waals surface area contributed by atoms with Crippen LogP contribution in [0.5, 0.6) is 0 Å². The molecule has 0 unspecified atom stereocenters. The quantitative estimate of drug-likeness (QED) is 0.829. The number of hydrogen-bond donors (Lipinski definition) is 1. The first-order chi connectivity index (χ1) is 8.90. The van der Waals surface area contributed by atoms with Crippen molar-refractivity contribution in [3.8, 4) is 0 Å². The van der Waals surface area contributed by atoms with Crippen molar-refractivity contribution >= 4 is 22.2 Å². The van der Waals surface area contributed by atoms with Crippen LogP contribution in [0.25, 0.3) is 0 Å². The molecule has 1 N–H and O–H groups in total. The van der Waals surface area contributed by atoms with Gasteiger partial charge in [-0.25, -0.2) is 13.2 Å². The third-order valence-electron chi connectivity index (χ3n) is 2.68. The number of carbonyl (C=O) groups excluding carboxylic acids is 1. The Balaban J connectivity index is 2.28. The van der Waals surface area contributed by atoms with E-state index in [9.17, 15) is 18.0 Å². The van der Waals surface area contributed by atoms with E-state index in [2.05, 4.69) is 5.32 Å². The Hall–Kier alpha value is -1.82. The molecule has 0 radical (unpaired) electrons. The van der Waals surface area contributed by atoms with Gasteiger partial charge in [0.15, 0.2) is 17.5 Å². The van der Waals surface area contributed by atoms with Crippen LogP contribution in [-0.2, 0) is 0 Å². The van der Waals surface area contributed by atoms with Crippen molar-refractivity contribution in [1.82, 2.24) is 0 Å². The molecular formula is C13H10F3NOS. The Labute approximate surface area is 111 Å². The van der Waals surface area contributed by atoms with Crippen molar-refractivity contribution in [1.29, 1.82) is 0 Å². The van der Waals surface area contributed by atoms with E-state index in [0.29, 0.717) is 5.00 Å². The predicted octanol–water partition coefficient (Wildman–Crippen LogP) is 4.03. The van der Waals surface area contributed by atoms with Gasteiger partial charge in [-0.1, -0.05) is 0 Å². The van der Waals surface area contributed by atoms with Crippen LogP contribution < -0.4 is 5.32 Å². The van der Waals surface area contributed by atoms with E-state index < -0.39 is 28.9 Å². The van der Waals surface area contributed by atoms with E-state index in [1.54, 1.807) is 6.07 Å². The Morgan fingerprint density at radius 1 is 1.16 bits per heavy atom. The second-order valence-corrected chi connectivity index (χ2v) is 5.28. The Morgan fingerprint density at radius 3 is 2.42 bits per heavy atom. The van der Waals surface area contributed by atoms with E-state index in [4.69, 9.17) is 0 Å². The van der Waals surface area contributed by atoms with Crippen LogP contribution in [0.3, 0.4) is 0 Å². The third-order valence-corrected chi connectivity index (χ3v) is 3.75. The van der Waals surface area contributed by atoms with Crippen LogP contribution >= 0.6 is 11.3 Å². The van der Waals surface area contributed by atoms with Gasteiger partial charge in [0, 0.05) is 4.88 Å². The molecular weight excluding hydrogens is 275 g/mol. The number of halogens is 3. The molecule has 1 aromatic carbocycles. The molecule has 19 heavy (non-hydrogen) atoms. The first-order valence-electron chi connectivity index (χ1n) is 5.42. The Bertz CT molecular complexity index is 632. The van der Waals surface area contributed by atoms with Crippen molar-refractivity contribution in [3.63, 3.8) is 0 Å². The normalized spacial score (nSPS) is 10.6. The van der Waals surface area contributed by atoms with Crippen molar-refractivity contribution in [3.05, 3.63) is 51.7 Å². The van der Waals surface area contributed by atoms with Crippen molar-refractivity contribution < 1.29 is 18.0 Å². The van der Waals surface area contributed by atoms with Crippen molar-refractivity contribution in [2.24, 2.45) is 0 Å². The molecule has 1 aromatic heterocycles. The van der Waals surface area contributed by atoms with Gasteiger partial charge in [-0.2, -0.15) is 0 Å². The van der Waals surface area contributed by atoms with E-state index in [1.807, 2.05) is 13.8 Å². The summed E-state index contributed by atoms with van der Waals surface area (Å²) in [6, 6.07) is 3.37. The minimum Gasteiger partial charge on any atom is -0.313 e. The van der Waals surface area contributed by atoms with E-state index in [-0.39, 0.29) is 0 Å². The van der Waals surface area contributed by atoms with E-state index >= 15 is 0 Å². The minimum absolute atomic E-state index is 0.525. The SMILES string of the molecule is Cc1cc(NC(=O)c2ccc(F)c(F)c2F)sc1C. The first kappa shape index (κ1) is 13.6. The molecule has 0 aliphatic rings. The minimum atomic E-state index is -1.65. The first-order valence-corrected chi connectivity index (χ1v) is 6.23. The topological polar surface area (TPSA) is 29.1 Å². The zero-order chi connectivity index (χ0) is 14.2. The molecule has 0 spiro atoms. The number of benzene rings is 1. The summed E-state index contributed by atoms with van der Waals surface area (Å²) in [5.41, 5.74) is 0.466. The molecule has 2 nitrogen and oxygen atoms in total. The fourth-order valence-corrected chi connectivity index (χ4v) is 2.44. The largest absolute Gasteiger partial charge is 0.313 e. The lowest BCUT2D eigenvalue weighted by atomic mass is 10.2. The maximum absolute atomic E-state index is 13.4. The molecule has 1 amide bonds. The molecule has 0 bridgehead atoms. The lowest BCUT2D eigenvalue weighted by molar-refractivity contribution is 0.102. The fourth-order valence-electron chi connectivity index (χ4n) is 1.52. The highest BCUT2D eigenvalue weighted by molar-refractivity contribution is 7.16. The molecule has 0 fully saturated rings. The number of rotatable bonds is 2. The number of thiophene rings is 1. The van der Waals surface area contributed by atoms with Crippen LogP contribution in [0.15, 0.2) is 18.2 Å². The Morgan fingerprint density at radius 2 is 1.84 bits per heavy atom. The van der Waals surface area contributed by atoms with Crippen LogP contribution in [0, 0.1) is 31.3 Å². The molecule has 0 aliphatic heterocycles. The number of nitrogens with one attached hydrogen (secondary N) is 1. The van der Waals surface area contributed by atoms with Gasteiger partial charge < -0.3 is 5.32 Å². The number of hydrogen-bond acceptors (Lipinski definition) is 2. The summed E-state index contributed by atoms with van der Waals surface area (Å²) in [4.78, 5) is 12.8. The fraction of sp³-hybridized carbons (Fsp3) is 0.154. The summed E-state index contributed by atoms with van der Waals surface area (Å²) in [6.07, 6.45) is 0. The number of aryl methyl sites for hydroxylation is 2. The van der Waals surface area contributed by atoms with Gasteiger partial charge >= 0.3 is 0 Å². The maximum atomic E-state index is 13.4. The van der Waals surface area contributed by atoms with Crippen LogP contribution in [0.1, 0.15) is 20.8 Å². The third kappa shape index (κ3) is 2.63. The van der Waals surface area contributed by atoms with Gasteiger partial charge in [0.2, 0.25) is 0 Å². The monoisotopic (exact) mass is 285 g/mol. The summed E-state index contributed by atoms with van der Waals surface area (Å²) in [5.74, 6) is -5.26. The summed E-state index contributed by atoms with van der Waals surface area (Å²) in [5, 5.41) is 2.99. The van der Waals surface area contributed by atoms with Crippen LogP contribution in [-0.4, -0.2) is 5.91 Å². The van der Waals surface area contributed by atoms with Gasteiger partial charge in [-0.3, -0.25) is 4.79 Å². The maximum Gasteiger partial charge on any atom is 0.259 e. The van der Waals surface area contributed by atoms with Crippen LogP contribution in [0.4, 0.5) is 18.2 Å². The molecule has 1 heterocycles. The highest BCUT2D eigenvalue weighted by Gasteiger charge is 2.19. The molecule has 0 saturated heterocycles. The smallest absolute Gasteiger partial charge is 0.259 e. The van der Waals surface area contributed by atoms with Gasteiger partial charge in [-0.05, 0) is 37.6 Å². The van der Waals surface area contributed by atoms with Gasteiger partial charge in [0.25, 0.3) is 5.91 Å². The molecule has 0 atom stereocenters. The lowest BCUT2D eigenvalue weighted by Crippen LogP contribution is -2.14. The summed E-state index contributed by atoms with van der Waals surface area (Å²) < 4.78 is 39.2. The van der Waals surface area contributed by atoms with Crippen molar-refractivity contribution in [2.75, 3.05) is 5.32 Å². The highest BCUT2D eigenvalue weighted by Crippen LogP contribution is 2.26. The average molecular weight is 285 g/mol. The zero-order valence-corrected chi connectivity index (χ0v) is 11.0. The van der Waals surface area contributed by atoms with Crippen molar-refractivity contribution in [2.45, 2.75) is 13.8 Å². The predicted molar refractivity (Wildman–Crippen MR) is 68.1 cm³/mol. The average Bonchev–Trinajstić information content (AvgIpc) is 2.65. The van der Waals surface area contributed by atoms with Gasteiger partial charge in [0.05, 0.1) is 10.6 Å². The summed E-state index contributed by atoms with van der Waals surface area (Å²) >= 11 is 1.33. The second-order valence-electron chi connectivity index (χ2n) is 4.03. The van der Waals surface area contributed by atoms with Crippen LogP contribution in [0.2, 0.25) is 0 Å².